The zero-order valence-corrected chi connectivity index (χ0v) is 19.4. The summed E-state index contributed by atoms with van der Waals surface area (Å²) in [5, 5.41) is 22.4. The van der Waals surface area contributed by atoms with Crippen molar-refractivity contribution in [1.29, 1.82) is 0 Å². The van der Waals surface area contributed by atoms with Gasteiger partial charge in [0.15, 0.2) is 17.2 Å². The Bertz CT molecular complexity index is 1330. The lowest BCUT2D eigenvalue weighted by atomic mass is 9.84. The molecule has 4 rings (SSSR count). The zero-order chi connectivity index (χ0) is 24.5. The Hall–Kier alpha value is -3.21. The standard InChI is InChI=1S/C24H23F2N3O4S/c1-14-11-34-23(27-14)24(12-30,13-31)9-19(32)21-15(2)28-22-20(7-4-8-29(21)22)33-10-16-17(25)5-3-6-18(16)26/h3-8,11,30-31H,9-10,12-13H2,1-2H3. The van der Waals surface area contributed by atoms with Crippen LogP contribution in [0, 0.1) is 25.5 Å². The number of ketones is 1. The van der Waals surface area contributed by atoms with Gasteiger partial charge < -0.3 is 14.9 Å². The topological polar surface area (TPSA) is 97.0 Å². The number of Topliss-reactive ketones (excluding diaryl/α,β-unsaturated/α-hetero) is 1. The van der Waals surface area contributed by atoms with Crippen LogP contribution in [0.15, 0.2) is 41.9 Å². The molecule has 7 nitrogen and oxygen atoms in total. The average molecular weight is 488 g/mol. The molecule has 0 saturated heterocycles. The SMILES string of the molecule is Cc1csc(C(CO)(CO)CC(=O)c2c(C)nc3c(OCc4c(F)cccc4F)cccn23)n1. The van der Waals surface area contributed by atoms with Crippen molar-refractivity contribution in [2.75, 3.05) is 13.2 Å². The molecule has 0 bridgehead atoms. The van der Waals surface area contributed by atoms with Gasteiger partial charge >= 0.3 is 0 Å². The van der Waals surface area contributed by atoms with Crippen LogP contribution in [0.3, 0.4) is 0 Å². The predicted molar refractivity (Wildman–Crippen MR) is 122 cm³/mol. The lowest BCUT2D eigenvalue weighted by Gasteiger charge is -2.26. The van der Waals surface area contributed by atoms with E-state index in [1.807, 2.05) is 0 Å². The highest BCUT2D eigenvalue weighted by molar-refractivity contribution is 7.09. The number of nitrogens with zero attached hydrogens (tertiary/aromatic N) is 3. The number of aliphatic hydroxyl groups is 2. The van der Waals surface area contributed by atoms with E-state index < -0.39 is 30.3 Å². The second-order valence-electron chi connectivity index (χ2n) is 8.09. The van der Waals surface area contributed by atoms with Gasteiger partial charge in [0.2, 0.25) is 0 Å². The van der Waals surface area contributed by atoms with Crippen LogP contribution in [-0.2, 0) is 12.0 Å². The fraction of sp³-hybridized carbons (Fsp3) is 0.292. The molecule has 0 fully saturated rings. The van der Waals surface area contributed by atoms with Crippen molar-refractivity contribution in [2.24, 2.45) is 0 Å². The summed E-state index contributed by atoms with van der Waals surface area (Å²) in [7, 11) is 0. The molecule has 178 valence electrons. The molecule has 0 amide bonds. The largest absolute Gasteiger partial charge is 0.485 e. The maximum Gasteiger partial charge on any atom is 0.182 e. The first-order valence-corrected chi connectivity index (χ1v) is 11.4. The van der Waals surface area contributed by atoms with Crippen LogP contribution in [0.2, 0.25) is 0 Å². The zero-order valence-electron chi connectivity index (χ0n) is 18.6. The molecule has 2 N–H and O–H groups in total. The van der Waals surface area contributed by atoms with Gasteiger partial charge in [0, 0.05) is 23.7 Å². The molecule has 3 aromatic heterocycles. The van der Waals surface area contributed by atoms with Crippen molar-refractivity contribution in [2.45, 2.75) is 32.3 Å². The number of aromatic nitrogens is 3. The lowest BCUT2D eigenvalue weighted by Crippen LogP contribution is -2.37. The monoisotopic (exact) mass is 487 g/mol. The van der Waals surface area contributed by atoms with Crippen molar-refractivity contribution >= 4 is 22.8 Å². The maximum atomic E-state index is 14.0. The Kier molecular flexibility index (Phi) is 6.74. The van der Waals surface area contributed by atoms with E-state index >= 15 is 0 Å². The smallest absolute Gasteiger partial charge is 0.182 e. The number of ether oxygens (including phenoxy) is 1. The van der Waals surface area contributed by atoms with E-state index in [9.17, 15) is 23.8 Å². The van der Waals surface area contributed by atoms with Gasteiger partial charge in [-0.05, 0) is 38.1 Å². The third-order valence-corrected chi connectivity index (χ3v) is 6.87. The van der Waals surface area contributed by atoms with E-state index in [0.717, 1.165) is 17.8 Å². The second kappa shape index (κ2) is 9.57. The minimum absolute atomic E-state index is 0.187. The van der Waals surface area contributed by atoms with E-state index in [0.29, 0.717) is 16.3 Å². The molecular weight excluding hydrogens is 464 g/mol. The molecule has 0 atom stereocenters. The molecule has 1 aromatic carbocycles. The first kappa shape index (κ1) is 23.9. The van der Waals surface area contributed by atoms with Gasteiger partial charge in [-0.2, -0.15) is 0 Å². The molecule has 0 unspecified atom stereocenters. The van der Waals surface area contributed by atoms with E-state index in [1.165, 1.54) is 21.8 Å². The lowest BCUT2D eigenvalue weighted by molar-refractivity contribution is 0.0781. The van der Waals surface area contributed by atoms with Gasteiger partial charge in [-0.15, -0.1) is 11.3 Å². The molecule has 10 heteroatoms. The van der Waals surface area contributed by atoms with Crippen LogP contribution in [0.4, 0.5) is 8.78 Å². The summed E-state index contributed by atoms with van der Waals surface area (Å²) in [6.45, 7) is 2.19. The number of aryl methyl sites for hydroxylation is 2. The molecule has 0 aliphatic heterocycles. The predicted octanol–water partition coefficient (Wildman–Crippen LogP) is 3.76. The third-order valence-electron chi connectivity index (χ3n) is 5.66. The normalized spacial score (nSPS) is 11.8. The number of hydrogen-bond donors (Lipinski definition) is 2. The summed E-state index contributed by atoms with van der Waals surface area (Å²) < 4.78 is 35.2. The van der Waals surface area contributed by atoms with Gasteiger partial charge in [-0.1, -0.05) is 6.07 Å². The number of aliphatic hydroxyl groups excluding tert-OH is 2. The van der Waals surface area contributed by atoms with Crippen LogP contribution in [0.25, 0.3) is 5.65 Å². The number of imidazole rings is 1. The molecule has 0 aliphatic carbocycles. The Morgan fingerprint density at radius 3 is 2.44 bits per heavy atom. The Labute approximate surface area is 198 Å². The highest BCUT2D eigenvalue weighted by Crippen LogP contribution is 2.33. The number of carbonyl (C=O) groups excluding carboxylic acids is 1. The number of fused-ring (bicyclic) bond motifs is 1. The molecule has 34 heavy (non-hydrogen) atoms. The summed E-state index contributed by atoms with van der Waals surface area (Å²) in [4.78, 5) is 22.2. The van der Waals surface area contributed by atoms with Crippen LogP contribution in [-0.4, -0.2) is 43.6 Å². The van der Waals surface area contributed by atoms with Crippen molar-refractivity contribution < 1.29 is 28.5 Å². The average Bonchev–Trinajstić information content (AvgIpc) is 3.40. The van der Waals surface area contributed by atoms with E-state index in [1.54, 1.807) is 37.6 Å². The molecule has 4 aromatic rings. The number of benzene rings is 1. The number of rotatable bonds is 9. The van der Waals surface area contributed by atoms with Crippen molar-refractivity contribution in [1.82, 2.24) is 14.4 Å². The van der Waals surface area contributed by atoms with E-state index in [-0.39, 0.29) is 35.8 Å². The molecular formula is C24H23F2N3O4S. The second-order valence-corrected chi connectivity index (χ2v) is 8.95. The molecule has 0 aliphatic rings. The van der Waals surface area contributed by atoms with Crippen molar-refractivity contribution in [3.05, 3.63) is 81.2 Å². The third kappa shape index (κ3) is 4.31. The minimum atomic E-state index is -1.23. The van der Waals surface area contributed by atoms with Crippen LogP contribution >= 0.6 is 11.3 Å². The van der Waals surface area contributed by atoms with E-state index in [4.69, 9.17) is 4.74 Å². The van der Waals surface area contributed by atoms with E-state index in [2.05, 4.69) is 9.97 Å². The molecule has 0 spiro atoms. The fourth-order valence-electron chi connectivity index (χ4n) is 3.79. The first-order chi connectivity index (χ1) is 16.3. The quantitative estimate of drug-likeness (QED) is 0.349. The van der Waals surface area contributed by atoms with Crippen LogP contribution in [0.5, 0.6) is 5.75 Å². The Balaban J connectivity index is 1.66. The highest BCUT2D eigenvalue weighted by Gasteiger charge is 2.38. The highest BCUT2D eigenvalue weighted by atomic mass is 32.1. The Morgan fingerprint density at radius 2 is 1.82 bits per heavy atom. The summed E-state index contributed by atoms with van der Waals surface area (Å²) in [5.74, 6) is -1.54. The summed E-state index contributed by atoms with van der Waals surface area (Å²) in [6, 6.07) is 6.80. The number of pyridine rings is 1. The van der Waals surface area contributed by atoms with Gasteiger partial charge in [-0.3, -0.25) is 9.20 Å². The first-order valence-electron chi connectivity index (χ1n) is 10.5. The summed E-state index contributed by atoms with van der Waals surface area (Å²) >= 11 is 1.27. The van der Waals surface area contributed by atoms with Crippen molar-refractivity contribution in [3.8, 4) is 5.75 Å². The van der Waals surface area contributed by atoms with Gasteiger partial charge in [0.25, 0.3) is 0 Å². The summed E-state index contributed by atoms with van der Waals surface area (Å²) in [6.07, 6.45) is 1.44. The van der Waals surface area contributed by atoms with Gasteiger partial charge in [0.1, 0.15) is 28.9 Å². The van der Waals surface area contributed by atoms with Crippen LogP contribution < -0.4 is 4.74 Å². The fourth-order valence-corrected chi connectivity index (χ4v) is 4.77. The van der Waals surface area contributed by atoms with Gasteiger partial charge in [0.05, 0.1) is 29.9 Å². The van der Waals surface area contributed by atoms with Crippen LogP contribution in [0.1, 0.15) is 38.9 Å². The minimum Gasteiger partial charge on any atom is -0.485 e. The number of thiazole rings is 1. The number of hydrogen-bond acceptors (Lipinski definition) is 7. The van der Waals surface area contributed by atoms with Crippen molar-refractivity contribution in [3.63, 3.8) is 0 Å². The molecule has 0 radical (unpaired) electrons. The Morgan fingerprint density at radius 1 is 1.12 bits per heavy atom. The maximum absolute atomic E-state index is 14.0. The molecule has 0 saturated carbocycles. The number of carbonyl (C=O) groups is 1. The number of halogens is 2. The summed E-state index contributed by atoms with van der Waals surface area (Å²) in [5.41, 5.74) is 0.277. The molecule has 3 heterocycles. The van der Waals surface area contributed by atoms with Gasteiger partial charge in [-0.25, -0.2) is 18.7 Å².